The maximum atomic E-state index is 12.1. The van der Waals surface area contributed by atoms with Crippen molar-refractivity contribution in [2.75, 3.05) is 11.9 Å². The van der Waals surface area contributed by atoms with Crippen molar-refractivity contribution >= 4 is 50.9 Å². The number of carbonyl (C=O) groups excluding carboxylic acids is 2. The molecule has 0 saturated carbocycles. The van der Waals surface area contributed by atoms with Crippen molar-refractivity contribution in [3.8, 4) is 11.3 Å². The number of benzene rings is 1. The van der Waals surface area contributed by atoms with Crippen LogP contribution in [-0.2, 0) is 4.79 Å². The van der Waals surface area contributed by atoms with Crippen LogP contribution in [0.3, 0.4) is 0 Å². The summed E-state index contributed by atoms with van der Waals surface area (Å²) in [7, 11) is 0. The van der Waals surface area contributed by atoms with Gasteiger partial charge in [0.05, 0.1) is 17.8 Å². The van der Waals surface area contributed by atoms with E-state index in [1.807, 2.05) is 29.6 Å². The number of rotatable bonds is 5. The fraction of sp³-hybridized carbons (Fsp3) is 0.167. The van der Waals surface area contributed by atoms with E-state index in [0.29, 0.717) is 22.2 Å². The molecule has 134 valence electrons. The van der Waals surface area contributed by atoms with Gasteiger partial charge in [-0.05, 0) is 54.6 Å². The third kappa shape index (κ3) is 4.50. The summed E-state index contributed by atoms with van der Waals surface area (Å²) >= 11 is 3.58. The zero-order valence-electron chi connectivity index (χ0n) is 14.1. The Morgan fingerprint density at radius 1 is 1.23 bits per heavy atom. The van der Waals surface area contributed by atoms with Crippen molar-refractivity contribution in [2.45, 2.75) is 13.8 Å². The van der Waals surface area contributed by atoms with E-state index < -0.39 is 0 Å². The lowest BCUT2D eigenvalue weighted by Crippen LogP contribution is -2.32. The number of anilines is 1. The predicted molar refractivity (Wildman–Crippen MR) is 109 cm³/mol. The number of aryl methyl sites for hydroxylation is 2. The van der Waals surface area contributed by atoms with E-state index in [0.717, 1.165) is 14.8 Å². The molecule has 0 aliphatic rings. The molecule has 0 atom stereocenters. The number of nitrogens with one attached hydrogen (secondary N) is 2. The fourth-order valence-electron chi connectivity index (χ4n) is 2.36. The molecule has 6 nitrogen and oxygen atoms in total. The maximum Gasteiger partial charge on any atom is 0.255 e. The molecule has 2 N–H and O–H groups in total. The monoisotopic (exact) mass is 481 g/mol. The predicted octanol–water partition coefficient (Wildman–Crippen LogP) is 3.99. The number of halogens is 1. The summed E-state index contributed by atoms with van der Waals surface area (Å²) in [6, 6.07) is 9.62. The normalized spacial score (nSPS) is 10.6. The second kappa shape index (κ2) is 8.00. The molecule has 8 heteroatoms. The van der Waals surface area contributed by atoms with E-state index >= 15 is 0 Å². The van der Waals surface area contributed by atoms with Gasteiger partial charge in [0.15, 0.2) is 5.13 Å². The van der Waals surface area contributed by atoms with E-state index in [4.69, 9.17) is 4.42 Å². The standard InChI is InChI=1S/C18H16IN3O3S/c1-10-7-14(11(2)25-10)17(24)20-8-16(23)22-18-21-15(9-26-18)12-3-5-13(19)6-4-12/h3-7,9H,8H2,1-2H3,(H,20,24)(H,21,22,23). The first-order chi connectivity index (χ1) is 12.4. The summed E-state index contributed by atoms with van der Waals surface area (Å²) in [5.41, 5.74) is 2.22. The summed E-state index contributed by atoms with van der Waals surface area (Å²) < 4.78 is 6.47. The van der Waals surface area contributed by atoms with Crippen LogP contribution in [0.15, 0.2) is 40.1 Å². The highest BCUT2D eigenvalue weighted by atomic mass is 127. The zero-order valence-corrected chi connectivity index (χ0v) is 17.1. The Bertz CT molecular complexity index is 947. The highest BCUT2D eigenvalue weighted by Crippen LogP contribution is 2.25. The van der Waals surface area contributed by atoms with E-state index in [-0.39, 0.29) is 18.4 Å². The van der Waals surface area contributed by atoms with Gasteiger partial charge in [0, 0.05) is 14.5 Å². The van der Waals surface area contributed by atoms with Crippen LogP contribution in [0.4, 0.5) is 5.13 Å². The van der Waals surface area contributed by atoms with Gasteiger partial charge in [-0.3, -0.25) is 9.59 Å². The lowest BCUT2D eigenvalue weighted by atomic mass is 10.2. The first-order valence-corrected chi connectivity index (χ1v) is 9.75. The number of furan rings is 1. The fourth-order valence-corrected chi connectivity index (χ4v) is 3.46. The molecule has 0 radical (unpaired) electrons. The second-order valence-corrected chi connectivity index (χ2v) is 7.71. The Balaban J connectivity index is 1.56. The maximum absolute atomic E-state index is 12.1. The SMILES string of the molecule is Cc1cc(C(=O)NCC(=O)Nc2nc(-c3ccc(I)cc3)cs2)c(C)o1. The number of hydrogen-bond acceptors (Lipinski definition) is 5. The van der Waals surface area contributed by atoms with Crippen molar-refractivity contribution in [2.24, 2.45) is 0 Å². The third-order valence-electron chi connectivity index (χ3n) is 3.59. The minimum Gasteiger partial charge on any atom is -0.466 e. The summed E-state index contributed by atoms with van der Waals surface area (Å²) in [5, 5.41) is 7.66. The van der Waals surface area contributed by atoms with Gasteiger partial charge in [-0.25, -0.2) is 4.98 Å². The Kier molecular flexibility index (Phi) is 5.72. The van der Waals surface area contributed by atoms with Crippen molar-refractivity contribution in [3.05, 3.63) is 56.4 Å². The van der Waals surface area contributed by atoms with Gasteiger partial charge in [0.2, 0.25) is 5.91 Å². The van der Waals surface area contributed by atoms with Crippen molar-refractivity contribution in [1.29, 1.82) is 0 Å². The van der Waals surface area contributed by atoms with Gasteiger partial charge in [-0.2, -0.15) is 0 Å². The average molecular weight is 481 g/mol. The Labute approximate surface area is 168 Å². The largest absolute Gasteiger partial charge is 0.466 e. The Hall–Kier alpha value is -2.20. The summed E-state index contributed by atoms with van der Waals surface area (Å²) in [6.45, 7) is 3.34. The van der Waals surface area contributed by atoms with Crippen LogP contribution in [0, 0.1) is 17.4 Å². The van der Waals surface area contributed by atoms with Gasteiger partial charge >= 0.3 is 0 Å². The lowest BCUT2D eigenvalue weighted by Gasteiger charge is -2.04. The number of thiazole rings is 1. The van der Waals surface area contributed by atoms with Gasteiger partial charge in [0.25, 0.3) is 5.91 Å². The molecule has 0 aliphatic carbocycles. The van der Waals surface area contributed by atoms with Crippen LogP contribution >= 0.6 is 33.9 Å². The zero-order chi connectivity index (χ0) is 18.7. The average Bonchev–Trinajstić information content (AvgIpc) is 3.19. The van der Waals surface area contributed by atoms with Crippen LogP contribution in [-0.4, -0.2) is 23.3 Å². The molecule has 0 saturated heterocycles. The molecule has 0 unspecified atom stereocenters. The number of aromatic nitrogens is 1. The third-order valence-corrected chi connectivity index (χ3v) is 5.06. The van der Waals surface area contributed by atoms with E-state index in [2.05, 4.69) is 38.2 Å². The summed E-state index contributed by atoms with van der Waals surface area (Å²) in [5.74, 6) is 0.512. The molecule has 0 spiro atoms. The second-order valence-electron chi connectivity index (χ2n) is 5.60. The van der Waals surface area contributed by atoms with E-state index in [1.165, 1.54) is 11.3 Å². The molecule has 0 aliphatic heterocycles. The Morgan fingerprint density at radius 2 is 1.96 bits per heavy atom. The van der Waals surface area contributed by atoms with Gasteiger partial charge in [0.1, 0.15) is 11.5 Å². The van der Waals surface area contributed by atoms with Crippen LogP contribution in [0.25, 0.3) is 11.3 Å². The number of nitrogens with zero attached hydrogens (tertiary/aromatic N) is 1. The van der Waals surface area contributed by atoms with E-state index in [1.54, 1.807) is 19.9 Å². The van der Waals surface area contributed by atoms with Crippen LogP contribution in [0.1, 0.15) is 21.9 Å². The quantitative estimate of drug-likeness (QED) is 0.540. The molecule has 1 aromatic carbocycles. The van der Waals surface area contributed by atoms with Gasteiger partial charge in [-0.1, -0.05) is 12.1 Å². The molecule has 2 amide bonds. The molecule has 3 aromatic rings. The van der Waals surface area contributed by atoms with Gasteiger partial charge < -0.3 is 15.1 Å². The molecule has 2 heterocycles. The van der Waals surface area contributed by atoms with Crippen molar-refractivity contribution in [3.63, 3.8) is 0 Å². The van der Waals surface area contributed by atoms with E-state index in [9.17, 15) is 9.59 Å². The Morgan fingerprint density at radius 3 is 2.62 bits per heavy atom. The van der Waals surface area contributed by atoms with Crippen LogP contribution in [0.2, 0.25) is 0 Å². The summed E-state index contributed by atoms with van der Waals surface area (Å²) in [6.07, 6.45) is 0. The smallest absolute Gasteiger partial charge is 0.255 e. The highest BCUT2D eigenvalue weighted by Gasteiger charge is 2.15. The number of amides is 2. The minimum atomic E-state index is -0.340. The van der Waals surface area contributed by atoms with Crippen molar-refractivity contribution in [1.82, 2.24) is 10.3 Å². The lowest BCUT2D eigenvalue weighted by molar-refractivity contribution is -0.115. The van der Waals surface area contributed by atoms with Crippen molar-refractivity contribution < 1.29 is 14.0 Å². The first-order valence-electron chi connectivity index (χ1n) is 7.79. The molecular weight excluding hydrogens is 465 g/mol. The first kappa shape index (κ1) is 18.6. The van der Waals surface area contributed by atoms with Gasteiger partial charge in [-0.15, -0.1) is 11.3 Å². The molecular formula is C18H16IN3O3S. The molecule has 3 rings (SSSR count). The topological polar surface area (TPSA) is 84.2 Å². The van der Waals surface area contributed by atoms with Crippen LogP contribution in [0.5, 0.6) is 0 Å². The highest BCUT2D eigenvalue weighted by molar-refractivity contribution is 14.1. The molecule has 0 fully saturated rings. The number of hydrogen-bond donors (Lipinski definition) is 2. The molecule has 2 aromatic heterocycles. The van der Waals surface area contributed by atoms with Crippen LogP contribution < -0.4 is 10.6 Å². The minimum absolute atomic E-state index is 0.138. The molecule has 0 bridgehead atoms. The summed E-state index contributed by atoms with van der Waals surface area (Å²) in [4.78, 5) is 28.5. The number of carbonyl (C=O) groups is 2. The molecule has 26 heavy (non-hydrogen) atoms.